The number of methoxy groups -OCH3 is 1. The highest BCUT2D eigenvalue weighted by atomic mass is 32.2. The Morgan fingerprint density at radius 1 is 1.26 bits per heavy atom. The van der Waals surface area contributed by atoms with Gasteiger partial charge in [-0.15, -0.1) is 0 Å². The number of hydrogen-bond donors (Lipinski definition) is 1. The summed E-state index contributed by atoms with van der Waals surface area (Å²) in [6.45, 7) is 4.36. The van der Waals surface area contributed by atoms with Crippen LogP contribution in [0.4, 0.5) is 0 Å². The first-order valence-electron chi connectivity index (χ1n) is 10.4. The molecule has 2 aromatic carbocycles. The lowest BCUT2D eigenvalue weighted by molar-refractivity contribution is 0.0813. The van der Waals surface area contributed by atoms with Crippen molar-refractivity contribution < 1.29 is 23.0 Å². The standard InChI is InChI=1S/C23H32N2O5S/c1-16-13-25(17(2)15-26)31(27,28)23-11-10-18(19-8-6-7-9-20(19)29-5)12-21(23)30-22(16)14-24(3)4/h6-12,16-17,22,26H,13-15H2,1-5H3/t16-,17+,22+/m1/s1. The molecule has 0 saturated carbocycles. The van der Waals surface area contributed by atoms with E-state index in [-0.39, 0.29) is 30.1 Å². The zero-order valence-corrected chi connectivity index (χ0v) is 19.6. The summed E-state index contributed by atoms with van der Waals surface area (Å²) >= 11 is 0. The second-order valence-electron chi connectivity index (χ2n) is 8.36. The second-order valence-corrected chi connectivity index (χ2v) is 10.2. The average molecular weight is 449 g/mol. The van der Waals surface area contributed by atoms with E-state index in [2.05, 4.69) is 0 Å². The van der Waals surface area contributed by atoms with Crippen LogP contribution in [-0.4, -0.2) is 75.8 Å². The molecule has 0 fully saturated rings. The first-order chi connectivity index (χ1) is 14.7. The number of sulfonamides is 1. The number of ether oxygens (including phenoxy) is 2. The smallest absolute Gasteiger partial charge is 0.247 e. The number of benzene rings is 2. The first kappa shape index (κ1) is 23.5. The maximum absolute atomic E-state index is 13.5. The largest absolute Gasteiger partial charge is 0.496 e. The van der Waals surface area contributed by atoms with Crippen LogP contribution in [0, 0.1) is 5.92 Å². The quantitative estimate of drug-likeness (QED) is 0.732. The van der Waals surface area contributed by atoms with Gasteiger partial charge in [0.1, 0.15) is 22.5 Å². The van der Waals surface area contributed by atoms with Crippen LogP contribution in [0.1, 0.15) is 13.8 Å². The van der Waals surface area contributed by atoms with Crippen molar-refractivity contribution in [1.29, 1.82) is 0 Å². The molecule has 0 radical (unpaired) electrons. The van der Waals surface area contributed by atoms with Crippen LogP contribution in [0.5, 0.6) is 11.5 Å². The van der Waals surface area contributed by atoms with Gasteiger partial charge in [-0.3, -0.25) is 0 Å². The van der Waals surface area contributed by atoms with Gasteiger partial charge in [-0.2, -0.15) is 4.31 Å². The Morgan fingerprint density at radius 2 is 1.97 bits per heavy atom. The van der Waals surface area contributed by atoms with Gasteiger partial charge in [-0.05, 0) is 44.8 Å². The van der Waals surface area contributed by atoms with Crippen molar-refractivity contribution >= 4 is 10.0 Å². The molecule has 0 aromatic heterocycles. The Kier molecular flexibility index (Phi) is 7.26. The number of para-hydroxylation sites is 1. The molecule has 0 bridgehead atoms. The maximum Gasteiger partial charge on any atom is 0.247 e. The zero-order valence-electron chi connectivity index (χ0n) is 18.8. The Bertz CT molecular complexity index is 1010. The molecule has 0 unspecified atom stereocenters. The van der Waals surface area contributed by atoms with Crippen LogP contribution in [0.3, 0.4) is 0 Å². The summed E-state index contributed by atoms with van der Waals surface area (Å²) in [6, 6.07) is 12.2. The van der Waals surface area contributed by atoms with E-state index in [1.165, 1.54) is 4.31 Å². The highest BCUT2D eigenvalue weighted by molar-refractivity contribution is 7.89. The van der Waals surface area contributed by atoms with Gasteiger partial charge >= 0.3 is 0 Å². The molecule has 1 N–H and O–H groups in total. The molecule has 2 aromatic rings. The van der Waals surface area contributed by atoms with Crippen molar-refractivity contribution in [3.8, 4) is 22.6 Å². The molecule has 1 heterocycles. The van der Waals surface area contributed by atoms with E-state index in [1.54, 1.807) is 32.2 Å². The van der Waals surface area contributed by atoms with Crippen molar-refractivity contribution in [1.82, 2.24) is 9.21 Å². The Balaban J connectivity index is 2.18. The van der Waals surface area contributed by atoms with Gasteiger partial charge in [-0.25, -0.2) is 8.42 Å². The molecule has 0 aliphatic carbocycles. The van der Waals surface area contributed by atoms with Crippen molar-refractivity contribution in [2.75, 3.05) is 40.9 Å². The van der Waals surface area contributed by atoms with E-state index >= 15 is 0 Å². The number of aliphatic hydroxyl groups excluding tert-OH is 1. The fraction of sp³-hybridized carbons (Fsp3) is 0.478. The summed E-state index contributed by atoms with van der Waals surface area (Å²) in [5, 5.41) is 9.72. The molecule has 31 heavy (non-hydrogen) atoms. The number of hydrogen-bond acceptors (Lipinski definition) is 6. The number of rotatable bonds is 6. The van der Waals surface area contributed by atoms with Crippen LogP contribution >= 0.6 is 0 Å². The van der Waals surface area contributed by atoms with Crippen LogP contribution < -0.4 is 9.47 Å². The monoisotopic (exact) mass is 448 g/mol. The van der Waals surface area contributed by atoms with Gasteiger partial charge in [0.25, 0.3) is 0 Å². The molecule has 1 aliphatic rings. The van der Waals surface area contributed by atoms with Crippen molar-refractivity contribution in [2.24, 2.45) is 5.92 Å². The third-order valence-corrected chi connectivity index (χ3v) is 7.65. The molecule has 1 aliphatic heterocycles. The minimum Gasteiger partial charge on any atom is -0.496 e. The molecule has 0 spiro atoms. The summed E-state index contributed by atoms with van der Waals surface area (Å²) in [5.74, 6) is 0.941. The zero-order chi connectivity index (χ0) is 22.8. The van der Waals surface area contributed by atoms with E-state index < -0.39 is 16.1 Å². The van der Waals surface area contributed by atoms with E-state index in [4.69, 9.17) is 9.47 Å². The summed E-state index contributed by atoms with van der Waals surface area (Å²) in [4.78, 5) is 2.14. The van der Waals surface area contributed by atoms with Crippen LogP contribution in [0.15, 0.2) is 47.4 Å². The lowest BCUT2D eigenvalue weighted by atomic mass is 10.0. The van der Waals surface area contributed by atoms with Gasteiger partial charge in [0.05, 0.1) is 13.7 Å². The third kappa shape index (κ3) is 4.87. The molecule has 3 rings (SSSR count). The molecular weight excluding hydrogens is 416 g/mol. The minimum absolute atomic E-state index is 0.0748. The lowest BCUT2D eigenvalue weighted by Crippen LogP contribution is -2.49. The van der Waals surface area contributed by atoms with Gasteiger partial charge < -0.3 is 19.5 Å². The van der Waals surface area contributed by atoms with Crippen molar-refractivity contribution in [3.63, 3.8) is 0 Å². The second kappa shape index (κ2) is 9.56. The van der Waals surface area contributed by atoms with E-state index in [1.807, 2.05) is 50.2 Å². The summed E-state index contributed by atoms with van der Waals surface area (Å²) in [6.07, 6.45) is -0.217. The molecule has 0 saturated heterocycles. The van der Waals surface area contributed by atoms with E-state index in [0.717, 1.165) is 11.1 Å². The van der Waals surface area contributed by atoms with Crippen LogP contribution in [-0.2, 0) is 10.0 Å². The molecular formula is C23H32N2O5S. The summed E-state index contributed by atoms with van der Waals surface area (Å²) < 4.78 is 40.3. The third-order valence-electron chi connectivity index (χ3n) is 5.63. The Morgan fingerprint density at radius 3 is 2.61 bits per heavy atom. The highest BCUT2D eigenvalue weighted by Gasteiger charge is 2.38. The Labute approximate surface area is 185 Å². The molecule has 8 heteroatoms. The lowest BCUT2D eigenvalue weighted by Gasteiger charge is -2.37. The normalized spacial score (nSPS) is 22.2. The Hall–Kier alpha value is -2.13. The van der Waals surface area contributed by atoms with Crippen LogP contribution in [0.2, 0.25) is 0 Å². The van der Waals surface area contributed by atoms with Gasteiger partial charge in [-0.1, -0.05) is 31.2 Å². The fourth-order valence-corrected chi connectivity index (χ4v) is 5.68. The first-order valence-corrected chi connectivity index (χ1v) is 11.8. The van der Waals surface area contributed by atoms with Crippen molar-refractivity contribution in [3.05, 3.63) is 42.5 Å². The molecule has 3 atom stereocenters. The topological polar surface area (TPSA) is 79.3 Å². The maximum atomic E-state index is 13.5. The number of fused-ring (bicyclic) bond motifs is 1. The molecule has 0 amide bonds. The number of likely N-dealkylation sites (N-methyl/N-ethyl adjacent to an activating group) is 1. The fourth-order valence-electron chi connectivity index (χ4n) is 3.85. The highest BCUT2D eigenvalue weighted by Crippen LogP contribution is 2.38. The van der Waals surface area contributed by atoms with Crippen LogP contribution in [0.25, 0.3) is 11.1 Å². The number of aliphatic hydroxyl groups is 1. The van der Waals surface area contributed by atoms with E-state index in [0.29, 0.717) is 18.0 Å². The average Bonchev–Trinajstić information content (AvgIpc) is 2.75. The van der Waals surface area contributed by atoms with Gasteiger partial charge in [0.15, 0.2) is 0 Å². The number of nitrogens with zero attached hydrogens (tertiary/aromatic N) is 2. The van der Waals surface area contributed by atoms with Gasteiger partial charge in [0.2, 0.25) is 10.0 Å². The summed E-state index contributed by atoms with van der Waals surface area (Å²) in [5.41, 5.74) is 1.67. The van der Waals surface area contributed by atoms with E-state index in [9.17, 15) is 13.5 Å². The minimum atomic E-state index is -3.85. The van der Waals surface area contributed by atoms with Crippen molar-refractivity contribution in [2.45, 2.75) is 30.9 Å². The summed E-state index contributed by atoms with van der Waals surface area (Å²) in [7, 11) is 1.69. The predicted molar refractivity (Wildman–Crippen MR) is 121 cm³/mol. The SMILES string of the molecule is COc1ccccc1-c1ccc2c(c1)O[C@@H](CN(C)C)[C@H](C)CN([C@@H](C)CO)S2(=O)=O. The molecule has 170 valence electrons. The predicted octanol–water partition coefficient (Wildman–Crippen LogP) is 2.69. The molecule has 7 nitrogen and oxygen atoms in total. The van der Waals surface area contributed by atoms with Gasteiger partial charge in [0, 0.05) is 30.6 Å².